The van der Waals surface area contributed by atoms with Gasteiger partial charge in [0.1, 0.15) is 23.2 Å². The number of Topliss-reactive ketones (excluding diaryl/α,β-unsaturated/α-hetero) is 1. The quantitative estimate of drug-likeness (QED) is 0.300. The summed E-state index contributed by atoms with van der Waals surface area (Å²) in [6, 6.07) is 11.9. The molecule has 0 unspecified atom stereocenters. The van der Waals surface area contributed by atoms with Gasteiger partial charge in [0.15, 0.2) is 0 Å². The summed E-state index contributed by atoms with van der Waals surface area (Å²) < 4.78 is 27.9. The molecule has 2 aromatic carbocycles. The number of benzene rings is 2. The Morgan fingerprint density at radius 3 is 2.03 bits per heavy atom. The maximum atomic E-state index is 13.1. The minimum absolute atomic E-state index is 0.0235. The van der Waals surface area contributed by atoms with Gasteiger partial charge in [-0.3, -0.25) is 4.79 Å². The molecule has 0 spiro atoms. The number of rotatable bonds is 10. The van der Waals surface area contributed by atoms with Gasteiger partial charge in [0.2, 0.25) is 0 Å². The van der Waals surface area contributed by atoms with E-state index in [1.54, 1.807) is 46.8 Å². The number of imidazole rings is 1. The van der Waals surface area contributed by atoms with Gasteiger partial charge in [0, 0.05) is 17.4 Å². The van der Waals surface area contributed by atoms with E-state index in [4.69, 9.17) is 5.73 Å². The summed E-state index contributed by atoms with van der Waals surface area (Å²) in [6.45, 7) is 11.8. The highest BCUT2D eigenvalue weighted by molar-refractivity contribution is 8.06. The molecular formula is C29H35F2N3OS. The van der Waals surface area contributed by atoms with E-state index in [1.165, 1.54) is 60.9 Å². The number of hydrogen-bond acceptors (Lipinski definition) is 4. The van der Waals surface area contributed by atoms with E-state index < -0.39 is 0 Å². The molecule has 0 saturated heterocycles. The van der Waals surface area contributed by atoms with Crippen LogP contribution in [-0.4, -0.2) is 15.3 Å². The van der Waals surface area contributed by atoms with Crippen molar-refractivity contribution in [2.75, 3.05) is 0 Å². The fraction of sp³-hybridized carbons (Fsp3) is 0.310. The fourth-order valence-corrected chi connectivity index (χ4v) is 4.50. The monoisotopic (exact) mass is 511 g/mol. The first-order valence-electron chi connectivity index (χ1n) is 12.0. The maximum absolute atomic E-state index is 13.1. The molecule has 2 N–H and O–H groups in total. The number of carbonyl (C=O) groups is 1. The molecule has 1 aromatic heterocycles. The number of thioether (sulfide) groups is 1. The summed E-state index contributed by atoms with van der Waals surface area (Å²) in [7, 11) is 0. The third-order valence-corrected chi connectivity index (χ3v) is 6.32. The van der Waals surface area contributed by atoms with E-state index >= 15 is 0 Å². The number of carbonyl (C=O) groups excluding carboxylic acids is 1. The predicted octanol–water partition coefficient (Wildman–Crippen LogP) is 7.97. The first-order valence-corrected chi connectivity index (χ1v) is 12.9. The van der Waals surface area contributed by atoms with Gasteiger partial charge in [-0.05, 0) is 80.1 Å². The van der Waals surface area contributed by atoms with Crippen molar-refractivity contribution in [3.8, 4) is 16.9 Å². The number of hydrogen-bond donors (Lipinski definition) is 1. The van der Waals surface area contributed by atoms with Crippen molar-refractivity contribution in [1.29, 1.82) is 0 Å². The smallest absolute Gasteiger partial charge is 0.137 e. The summed E-state index contributed by atoms with van der Waals surface area (Å²) in [5, 5.41) is 0.707. The summed E-state index contributed by atoms with van der Waals surface area (Å²) in [4.78, 5) is 17.4. The van der Waals surface area contributed by atoms with Crippen LogP contribution in [0.2, 0.25) is 0 Å². The summed E-state index contributed by atoms with van der Waals surface area (Å²) in [5.74, 6) is -0.121. The van der Waals surface area contributed by atoms with Gasteiger partial charge in [0.05, 0.1) is 17.1 Å². The lowest BCUT2D eigenvalue weighted by molar-refractivity contribution is -0.116. The van der Waals surface area contributed by atoms with Crippen molar-refractivity contribution in [3.05, 3.63) is 94.3 Å². The molecule has 7 heteroatoms. The van der Waals surface area contributed by atoms with Crippen LogP contribution >= 0.6 is 11.8 Å². The highest BCUT2D eigenvalue weighted by atomic mass is 32.2. The molecule has 0 saturated carbocycles. The lowest BCUT2D eigenvalue weighted by atomic mass is 10.1. The molecule has 0 fully saturated rings. The zero-order valence-electron chi connectivity index (χ0n) is 21.5. The zero-order chi connectivity index (χ0) is 26.7. The lowest BCUT2D eigenvalue weighted by Gasteiger charge is -2.09. The van der Waals surface area contributed by atoms with Gasteiger partial charge in [-0.15, -0.1) is 0 Å². The van der Waals surface area contributed by atoms with Gasteiger partial charge >= 0.3 is 0 Å². The molecule has 0 radical (unpaired) electrons. The van der Waals surface area contributed by atoms with E-state index in [2.05, 4.69) is 32.3 Å². The van der Waals surface area contributed by atoms with Crippen molar-refractivity contribution >= 4 is 17.5 Å². The molecule has 192 valence electrons. The average Bonchev–Trinajstić information content (AvgIpc) is 3.23. The fourth-order valence-electron chi connectivity index (χ4n) is 3.60. The molecule has 4 nitrogen and oxygen atoms in total. The number of allylic oxidation sites excluding steroid dienone is 2. The van der Waals surface area contributed by atoms with Gasteiger partial charge in [-0.25, -0.2) is 13.8 Å². The van der Waals surface area contributed by atoms with Gasteiger partial charge < -0.3 is 10.3 Å². The third kappa shape index (κ3) is 9.11. The Hall–Kier alpha value is -3.19. The van der Waals surface area contributed by atoms with Crippen LogP contribution < -0.4 is 5.73 Å². The van der Waals surface area contributed by atoms with Crippen molar-refractivity contribution in [2.45, 2.75) is 59.8 Å². The largest absolute Gasteiger partial charge is 0.394 e. The first-order chi connectivity index (χ1) is 17.1. The highest BCUT2D eigenvalue weighted by Crippen LogP contribution is 2.29. The second-order valence-electron chi connectivity index (χ2n) is 8.55. The minimum atomic E-state index is -0.333. The maximum Gasteiger partial charge on any atom is 0.137 e. The number of halogens is 2. The highest BCUT2D eigenvalue weighted by Gasteiger charge is 2.13. The molecular weight excluding hydrogens is 476 g/mol. The Kier molecular flexibility index (Phi) is 11.6. The number of aromatic nitrogens is 2. The normalized spacial score (nSPS) is 11.4. The number of ketones is 1. The summed E-state index contributed by atoms with van der Waals surface area (Å²) in [5.41, 5.74) is 9.15. The Balaban J connectivity index is 0.000000302. The molecule has 0 atom stereocenters. The van der Waals surface area contributed by atoms with Crippen molar-refractivity contribution < 1.29 is 13.6 Å². The predicted molar refractivity (Wildman–Crippen MR) is 147 cm³/mol. The van der Waals surface area contributed by atoms with E-state index in [0.29, 0.717) is 22.2 Å². The molecule has 0 amide bonds. The molecule has 0 aliphatic rings. The van der Waals surface area contributed by atoms with Gasteiger partial charge in [-0.1, -0.05) is 50.6 Å². The van der Waals surface area contributed by atoms with Gasteiger partial charge in [0.25, 0.3) is 0 Å². The molecule has 3 rings (SSSR count). The third-order valence-electron chi connectivity index (χ3n) is 5.26. The Bertz CT molecular complexity index is 1180. The summed E-state index contributed by atoms with van der Waals surface area (Å²) in [6.07, 6.45) is 6.62. The van der Waals surface area contributed by atoms with E-state index in [0.717, 1.165) is 12.0 Å². The number of nitrogens with two attached hydrogens (primary N) is 1. The van der Waals surface area contributed by atoms with Crippen LogP contribution in [0.3, 0.4) is 0 Å². The van der Waals surface area contributed by atoms with Crippen LogP contribution in [0.25, 0.3) is 16.9 Å². The van der Waals surface area contributed by atoms with Crippen LogP contribution in [0, 0.1) is 11.6 Å². The number of nitrogens with zero attached hydrogens (tertiary/aromatic N) is 2. The average molecular weight is 512 g/mol. The molecule has 36 heavy (non-hydrogen) atoms. The van der Waals surface area contributed by atoms with Crippen molar-refractivity contribution in [3.63, 3.8) is 0 Å². The molecule has 1 heterocycles. The standard InChI is InChI=1S/C18H14F2N2O.C11H21NS/c1-12(23)10-18-21-17(13-2-4-14(19)5-3-13)11-22(18)16-8-6-15(20)7-9-16;1-5-7-9(3)11(8-6-2)13-10(4)12/h2-9,11H,10H2,1H3;4-8,12H2,1-3H3/b;11-9+. The van der Waals surface area contributed by atoms with Crippen LogP contribution in [-0.2, 0) is 11.2 Å². The topological polar surface area (TPSA) is 60.9 Å². The van der Waals surface area contributed by atoms with E-state index in [-0.39, 0.29) is 23.8 Å². The molecule has 0 bridgehead atoms. The second kappa shape index (κ2) is 14.4. The summed E-state index contributed by atoms with van der Waals surface area (Å²) >= 11 is 1.64. The second-order valence-corrected chi connectivity index (χ2v) is 9.77. The Morgan fingerprint density at radius 1 is 0.972 bits per heavy atom. The minimum Gasteiger partial charge on any atom is -0.394 e. The Morgan fingerprint density at radius 2 is 1.53 bits per heavy atom. The molecule has 3 aromatic rings. The van der Waals surface area contributed by atoms with Crippen LogP contribution in [0.1, 0.15) is 59.2 Å². The lowest BCUT2D eigenvalue weighted by Crippen LogP contribution is -2.05. The SMILES string of the molecule is C=C(N)S/C(CCC)=C(\C)CCC.CC(=O)Cc1nc(-c2ccc(F)cc2)cn1-c1ccc(F)cc1. The molecule has 0 aliphatic carbocycles. The first kappa shape index (κ1) is 29.0. The van der Waals surface area contributed by atoms with Crippen LogP contribution in [0.4, 0.5) is 8.78 Å². The zero-order valence-corrected chi connectivity index (χ0v) is 22.3. The molecule has 0 aliphatic heterocycles. The van der Waals surface area contributed by atoms with Crippen LogP contribution in [0.5, 0.6) is 0 Å². The van der Waals surface area contributed by atoms with E-state index in [9.17, 15) is 13.6 Å². The van der Waals surface area contributed by atoms with Gasteiger partial charge in [-0.2, -0.15) is 0 Å². The Labute approximate surface area is 217 Å². The van der Waals surface area contributed by atoms with Crippen molar-refractivity contribution in [2.24, 2.45) is 5.73 Å². The van der Waals surface area contributed by atoms with Crippen molar-refractivity contribution in [1.82, 2.24) is 9.55 Å². The van der Waals surface area contributed by atoms with Crippen LogP contribution in [0.15, 0.2) is 76.8 Å². The van der Waals surface area contributed by atoms with E-state index in [1.807, 2.05) is 0 Å².